The Morgan fingerprint density at radius 2 is 0.881 bits per heavy atom. The lowest BCUT2D eigenvalue weighted by Gasteiger charge is -2.13. The molecule has 0 saturated heterocycles. The zero-order chi connectivity index (χ0) is 31.7. The summed E-state index contributed by atoms with van der Waals surface area (Å²) in [4.78, 5) is 61.3. The van der Waals surface area contributed by atoms with Gasteiger partial charge in [-0.3, -0.25) is 0 Å². The van der Waals surface area contributed by atoms with Crippen LogP contribution in [0.3, 0.4) is 0 Å². The third-order valence-corrected chi connectivity index (χ3v) is 5.02. The van der Waals surface area contributed by atoms with Gasteiger partial charge in [0.15, 0.2) is 11.5 Å². The third kappa shape index (κ3) is 9.30. The van der Waals surface area contributed by atoms with Gasteiger partial charge in [-0.1, -0.05) is 26.3 Å². The zero-order valence-electron chi connectivity index (χ0n) is 24.0. The van der Waals surface area contributed by atoms with E-state index in [0.29, 0.717) is 0 Å². The molecule has 0 aliphatic carbocycles. The van der Waals surface area contributed by atoms with Crippen molar-refractivity contribution < 1.29 is 47.7 Å². The highest BCUT2D eigenvalue weighted by atomic mass is 16.6. The van der Waals surface area contributed by atoms with Gasteiger partial charge in [0.25, 0.3) is 0 Å². The molecule has 218 valence electrons. The molecule has 0 heterocycles. The van der Waals surface area contributed by atoms with Crippen LogP contribution in [0.5, 0.6) is 28.7 Å². The Morgan fingerprint density at radius 1 is 0.500 bits per heavy atom. The molecule has 2 aromatic carbocycles. The van der Waals surface area contributed by atoms with Gasteiger partial charge in [-0.2, -0.15) is 0 Å². The standard InChI is InChI=1S/C32H30O10/c1-17(2)28(33)38-23-11-10-22(26(15-23)41-30(35)19(5)6)14-21(9)32(37)40-25-13-12-24(39-29(34)18(3)4)16-27(25)42-31(36)20(7)8/h10-16H,1,3,5,7H2,2,4,6,8-9H3/b21-14+. The van der Waals surface area contributed by atoms with Crippen LogP contribution in [0.1, 0.15) is 40.2 Å². The second kappa shape index (κ2) is 14.2. The van der Waals surface area contributed by atoms with Gasteiger partial charge in [-0.15, -0.1) is 0 Å². The number of hydrogen-bond donors (Lipinski definition) is 0. The quantitative estimate of drug-likeness (QED) is 0.189. The number of rotatable bonds is 11. The smallest absolute Gasteiger partial charge is 0.339 e. The number of hydrogen-bond acceptors (Lipinski definition) is 10. The monoisotopic (exact) mass is 574 g/mol. The van der Waals surface area contributed by atoms with Gasteiger partial charge in [-0.25, -0.2) is 24.0 Å². The fraction of sp³-hybridized carbons (Fsp3) is 0.156. The third-order valence-electron chi connectivity index (χ3n) is 5.02. The van der Waals surface area contributed by atoms with Crippen LogP contribution in [-0.2, 0) is 24.0 Å². The van der Waals surface area contributed by atoms with Gasteiger partial charge in [0.05, 0.1) is 0 Å². The molecule has 2 aromatic rings. The average Bonchev–Trinajstić information content (AvgIpc) is 2.90. The van der Waals surface area contributed by atoms with Crippen molar-refractivity contribution in [1.29, 1.82) is 0 Å². The van der Waals surface area contributed by atoms with Crippen molar-refractivity contribution in [2.45, 2.75) is 34.6 Å². The van der Waals surface area contributed by atoms with E-state index < -0.39 is 29.8 Å². The first-order chi connectivity index (χ1) is 19.6. The molecule has 0 aromatic heterocycles. The Kier molecular flexibility index (Phi) is 11.1. The van der Waals surface area contributed by atoms with Crippen molar-refractivity contribution in [3.8, 4) is 28.7 Å². The van der Waals surface area contributed by atoms with Gasteiger partial charge < -0.3 is 23.7 Å². The second-order valence-electron chi connectivity index (χ2n) is 9.20. The van der Waals surface area contributed by atoms with Crippen LogP contribution in [0, 0.1) is 0 Å². The van der Waals surface area contributed by atoms with E-state index in [9.17, 15) is 24.0 Å². The first-order valence-electron chi connectivity index (χ1n) is 12.3. The van der Waals surface area contributed by atoms with Crippen LogP contribution in [0.4, 0.5) is 0 Å². The van der Waals surface area contributed by atoms with E-state index in [1.54, 1.807) is 0 Å². The van der Waals surface area contributed by atoms with Crippen molar-refractivity contribution in [2.75, 3.05) is 0 Å². The predicted octanol–water partition coefficient (Wildman–Crippen LogP) is 5.62. The summed E-state index contributed by atoms with van der Waals surface area (Å²) in [6.45, 7) is 21.3. The van der Waals surface area contributed by atoms with E-state index in [1.165, 1.54) is 77.1 Å². The van der Waals surface area contributed by atoms with E-state index in [4.69, 9.17) is 23.7 Å². The van der Waals surface area contributed by atoms with Crippen molar-refractivity contribution in [2.24, 2.45) is 0 Å². The minimum Gasteiger partial charge on any atom is -0.423 e. The minimum atomic E-state index is -0.857. The first-order valence-corrected chi connectivity index (χ1v) is 12.3. The molecule has 42 heavy (non-hydrogen) atoms. The highest BCUT2D eigenvalue weighted by Gasteiger charge is 2.19. The van der Waals surface area contributed by atoms with Crippen molar-refractivity contribution >= 4 is 35.9 Å². The molecular weight excluding hydrogens is 544 g/mol. The molecule has 0 unspecified atom stereocenters. The normalized spacial score (nSPS) is 10.5. The lowest BCUT2D eigenvalue weighted by atomic mass is 10.1. The largest absolute Gasteiger partial charge is 0.423 e. The lowest BCUT2D eigenvalue weighted by Crippen LogP contribution is -2.14. The molecule has 0 N–H and O–H groups in total. The lowest BCUT2D eigenvalue weighted by molar-refractivity contribution is -0.132. The Morgan fingerprint density at radius 3 is 1.36 bits per heavy atom. The van der Waals surface area contributed by atoms with Crippen LogP contribution < -0.4 is 23.7 Å². The zero-order valence-corrected chi connectivity index (χ0v) is 24.0. The van der Waals surface area contributed by atoms with Gasteiger partial charge in [0.2, 0.25) is 0 Å². The molecule has 0 aliphatic heterocycles. The molecule has 10 heteroatoms. The van der Waals surface area contributed by atoms with Crippen molar-refractivity contribution in [1.82, 2.24) is 0 Å². The number of esters is 5. The molecule has 10 nitrogen and oxygen atoms in total. The van der Waals surface area contributed by atoms with Crippen LogP contribution in [0.25, 0.3) is 6.08 Å². The summed E-state index contributed by atoms with van der Waals surface area (Å²) in [5, 5.41) is 0. The summed E-state index contributed by atoms with van der Waals surface area (Å²) in [6.07, 6.45) is 1.37. The van der Waals surface area contributed by atoms with Gasteiger partial charge in [-0.05, 0) is 65.0 Å². The minimum absolute atomic E-state index is 0.0102. The molecule has 0 aliphatic rings. The van der Waals surface area contributed by atoms with E-state index in [0.717, 1.165) is 0 Å². The summed E-state index contributed by atoms with van der Waals surface area (Å²) in [5.41, 5.74) is 0.798. The Labute approximate surface area is 243 Å². The first kappa shape index (κ1) is 32.7. The number of ether oxygens (including phenoxy) is 5. The summed E-state index contributed by atoms with van der Waals surface area (Å²) < 4.78 is 26.5. The highest BCUT2D eigenvalue weighted by molar-refractivity contribution is 5.96. The Bertz CT molecular complexity index is 1550. The fourth-order valence-corrected chi connectivity index (χ4v) is 2.74. The highest BCUT2D eigenvalue weighted by Crippen LogP contribution is 2.34. The topological polar surface area (TPSA) is 132 Å². The molecule has 2 rings (SSSR count). The summed E-state index contributed by atoms with van der Waals surface area (Å²) in [6, 6.07) is 8.00. The number of carbonyl (C=O) groups is 5. The Balaban J connectivity index is 2.43. The molecule has 0 atom stereocenters. The molecule has 0 bridgehead atoms. The van der Waals surface area contributed by atoms with Gasteiger partial charge in [0.1, 0.15) is 17.2 Å². The number of benzene rings is 2. The van der Waals surface area contributed by atoms with E-state index in [-0.39, 0.29) is 62.2 Å². The van der Waals surface area contributed by atoms with Gasteiger partial charge >= 0.3 is 29.8 Å². The van der Waals surface area contributed by atoms with Crippen LogP contribution >= 0.6 is 0 Å². The summed E-state index contributed by atoms with van der Waals surface area (Å²) in [7, 11) is 0. The molecular formula is C32H30O10. The molecule has 0 fully saturated rings. The van der Waals surface area contributed by atoms with E-state index in [2.05, 4.69) is 26.3 Å². The maximum Gasteiger partial charge on any atom is 0.339 e. The van der Waals surface area contributed by atoms with Crippen LogP contribution in [0.2, 0.25) is 0 Å². The van der Waals surface area contributed by atoms with Crippen LogP contribution in [-0.4, -0.2) is 29.8 Å². The molecule has 0 amide bonds. The van der Waals surface area contributed by atoms with Crippen molar-refractivity contribution in [3.05, 3.63) is 96.1 Å². The second-order valence-corrected chi connectivity index (χ2v) is 9.20. The fourth-order valence-electron chi connectivity index (χ4n) is 2.74. The molecule has 0 saturated carbocycles. The number of carbonyl (C=O) groups excluding carboxylic acids is 5. The maximum absolute atomic E-state index is 13.0. The summed E-state index contributed by atoms with van der Waals surface area (Å²) in [5.74, 6) is -4.12. The maximum atomic E-state index is 13.0. The summed E-state index contributed by atoms with van der Waals surface area (Å²) >= 11 is 0. The molecule has 0 radical (unpaired) electrons. The molecule has 0 spiro atoms. The average molecular weight is 575 g/mol. The predicted molar refractivity (Wildman–Crippen MR) is 154 cm³/mol. The van der Waals surface area contributed by atoms with Gasteiger partial charge in [0, 0.05) is 45.6 Å². The SMILES string of the molecule is C=C(C)C(=O)Oc1ccc(/C=C(\C)C(=O)Oc2ccc(OC(=O)C(=C)C)cc2OC(=O)C(=C)C)c(OC(=O)C(=C)C)c1. The van der Waals surface area contributed by atoms with E-state index in [1.807, 2.05) is 0 Å². The van der Waals surface area contributed by atoms with Crippen molar-refractivity contribution in [3.63, 3.8) is 0 Å². The van der Waals surface area contributed by atoms with Crippen LogP contribution in [0.15, 0.2) is 90.6 Å². The Hall–Kier alpha value is -5.51. The van der Waals surface area contributed by atoms with E-state index >= 15 is 0 Å².